The quantitative estimate of drug-likeness (QED) is 0.530. The Bertz CT molecular complexity index is 298. The Labute approximate surface area is 103 Å². The Morgan fingerprint density at radius 1 is 1.71 bits per heavy atom. The van der Waals surface area contributed by atoms with Crippen LogP contribution in [0.15, 0.2) is 0 Å². The summed E-state index contributed by atoms with van der Waals surface area (Å²) in [6.45, 7) is 2.72. The zero-order chi connectivity index (χ0) is 12.7. The van der Waals surface area contributed by atoms with Gasteiger partial charge in [0.05, 0.1) is 19.6 Å². The lowest BCUT2D eigenvalue weighted by molar-refractivity contribution is -0.123. The van der Waals surface area contributed by atoms with Crippen LogP contribution in [0, 0.1) is 17.8 Å². The molecule has 1 aliphatic carbocycles. The van der Waals surface area contributed by atoms with E-state index in [1.807, 2.05) is 6.92 Å². The molecule has 0 radical (unpaired) electrons. The molecule has 1 amide bonds. The first kappa shape index (κ1) is 14.0. The molecule has 0 spiro atoms. The topological polar surface area (TPSA) is 58.6 Å². The Hall–Kier alpha value is -1.05. The number of hydrogen-bond acceptors (Lipinski definition) is 3. The molecule has 0 bridgehead atoms. The maximum absolute atomic E-state index is 11.6. The van der Waals surface area contributed by atoms with E-state index in [2.05, 4.69) is 11.2 Å². The summed E-state index contributed by atoms with van der Waals surface area (Å²) < 4.78 is 5.05. The molecule has 1 rings (SSSR count). The fraction of sp³-hybridized carbons (Fsp3) is 0.769. The van der Waals surface area contributed by atoms with Gasteiger partial charge in [0.1, 0.15) is 6.61 Å². The van der Waals surface area contributed by atoms with Crippen LogP contribution in [0.1, 0.15) is 32.6 Å². The number of ether oxygens (including phenoxy) is 1. The van der Waals surface area contributed by atoms with Crippen molar-refractivity contribution in [3.05, 3.63) is 0 Å². The summed E-state index contributed by atoms with van der Waals surface area (Å²) in [6.07, 6.45) is 8.30. The maximum atomic E-state index is 11.6. The molecule has 96 valence electrons. The van der Waals surface area contributed by atoms with Gasteiger partial charge in [0, 0.05) is 11.5 Å². The molecule has 0 aromatic rings. The third-order valence-electron chi connectivity index (χ3n) is 3.44. The van der Waals surface area contributed by atoms with Crippen molar-refractivity contribution in [2.45, 2.75) is 38.6 Å². The average Bonchev–Trinajstić information content (AvgIpc) is 2.67. The summed E-state index contributed by atoms with van der Waals surface area (Å²) in [5.74, 6) is 2.32. The zero-order valence-corrected chi connectivity index (χ0v) is 10.4. The van der Waals surface area contributed by atoms with E-state index in [1.54, 1.807) is 0 Å². The molecule has 2 N–H and O–H groups in total. The second-order valence-corrected chi connectivity index (χ2v) is 4.83. The first-order chi connectivity index (χ1) is 8.12. The first-order valence-electron chi connectivity index (χ1n) is 6.04. The van der Waals surface area contributed by atoms with Crippen LogP contribution in [0.4, 0.5) is 0 Å². The van der Waals surface area contributed by atoms with E-state index >= 15 is 0 Å². The molecule has 0 aliphatic heterocycles. The number of amides is 1. The SMILES string of the molecule is C#CCOCCC(=O)NC1CCCC1(C)CO. The molecule has 2 unspecified atom stereocenters. The van der Waals surface area contributed by atoms with Gasteiger partial charge >= 0.3 is 0 Å². The monoisotopic (exact) mass is 239 g/mol. The van der Waals surface area contributed by atoms with Crippen LogP contribution in [0.3, 0.4) is 0 Å². The van der Waals surface area contributed by atoms with E-state index < -0.39 is 0 Å². The van der Waals surface area contributed by atoms with Crippen LogP contribution in [0.25, 0.3) is 0 Å². The Balaban J connectivity index is 2.29. The number of hydrogen-bond donors (Lipinski definition) is 2. The Morgan fingerprint density at radius 3 is 3.12 bits per heavy atom. The molecule has 1 fully saturated rings. The maximum Gasteiger partial charge on any atom is 0.222 e. The molecule has 4 nitrogen and oxygen atoms in total. The van der Waals surface area contributed by atoms with Crippen LogP contribution in [0.2, 0.25) is 0 Å². The van der Waals surface area contributed by atoms with Gasteiger partial charge in [0.2, 0.25) is 5.91 Å². The molecule has 1 aliphatic rings. The van der Waals surface area contributed by atoms with Crippen LogP contribution in [0.5, 0.6) is 0 Å². The van der Waals surface area contributed by atoms with Gasteiger partial charge in [-0.25, -0.2) is 0 Å². The summed E-state index contributed by atoms with van der Waals surface area (Å²) in [7, 11) is 0. The van der Waals surface area contributed by atoms with Crippen molar-refractivity contribution in [2.24, 2.45) is 5.41 Å². The lowest BCUT2D eigenvalue weighted by Gasteiger charge is -2.30. The largest absolute Gasteiger partial charge is 0.396 e. The van der Waals surface area contributed by atoms with E-state index in [1.165, 1.54) is 0 Å². The molecule has 17 heavy (non-hydrogen) atoms. The predicted molar refractivity (Wildman–Crippen MR) is 65.2 cm³/mol. The number of aliphatic hydroxyl groups excluding tert-OH is 1. The Kier molecular flexibility index (Phi) is 5.46. The number of carbonyl (C=O) groups excluding carboxylic acids is 1. The summed E-state index contributed by atoms with van der Waals surface area (Å²) in [5, 5.41) is 12.3. The van der Waals surface area contributed by atoms with Gasteiger partial charge in [-0.1, -0.05) is 19.3 Å². The molecular weight excluding hydrogens is 218 g/mol. The molecule has 4 heteroatoms. The smallest absolute Gasteiger partial charge is 0.222 e. The lowest BCUT2D eigenvalue weighted by atomic mass is 9.86. The number of rotatable bonds is 6. The van der Waals surface area contributed by atoms with Crippen molar-refractivity contribution in [1.29, 1.82) is 0 Å². The van der Waals surface area contributed by atoms with Gasteiger partial charge in [-0.2, -0.15) is 0 Å². The van der Waals surface area contributed by atoms with Crippen LogP contribution < -0.4 is 5.32 Å². The number of carbonyl (C=O) groups is 1. The highest BCUT2D eigenvalue weighted by Gasteiger charge is 2.38. The third kappa shape index (κ3) is 4.03. The van der Waals surface area contributed by atoms with Gasteiger partial charge in [0.25, 0.3) is 0 Å². The van der Waals surface area contributed by atoms with Crippen molar-refractivity contribution in [3.8, 4) is 12.3 Å². The van der Waals surface area contributed by atoms with E-state index in [4.69, 9.17) is 11.2 Å². The highest BCUT2D eigenvalue weighted by molar-refractivity contribution is 5.76. The molecule has 0 heterocycles. The van der Waals surface area contributed by atoms with Crippen LogP contribution in [-0.4, -0.2) is 36.9 Å². The average molecular weight is 239 g/mol. The normalized spacial score (nSPS) is 27.7. The summed E-state index contributed by atoms with van der Waals surface area (Å²) in [4.78, 5) is 11.6. The highest BCUT2D eigenvalue weighted by atomic mass is 16.5. The molecular formula is C13H21NO3. The minimum absolute atomic E-state index is 0.0337. The van der Waals surface area contributed by atoms with Gasteiger partial charge in [-0.3, -0.25) is 4.79 Å². The number of terminal acetylenes is 1. The molecule has 0 aromatic heterocycles. The fourth-order valence-electron chi connectivity index (χ4n) is 2.23. The van der Waals surface area contributed by atoms with Gasteiger partial charge in [0.15, 0.2) is 0 Å². The second kappa shape index (κ2) is 6.63. The number of aliphatic hydroxyl groups is 1. The number of nitrogens with one attached hydrogen (secondary N) is 1. The van der Waals surface area contributed by atoms with Crippen molar-refractivity contribution < 1.29 is 14.6 Å². The summed E-state index contributed by atoms with van der Waals surface area (Å²) in [6, 6.07) is 0.0765. The van der Waals surface area contributed by atoms with Crippen molar-refractivity contribution in [3.63, 3.8) is 0 Å². The third-order valence-corrected chi connectivity index (χ3v) is 3.44. The molecule has 0 aromatic carbocycles. The summed E-state index contributed by atoms with van der Waals surface area (Å²) in [5.41, 5.74) is -0.171. The zero-order valence-electron chi connectivity index (χ0n) is 10.4. The molecule has 0 saturated heterocycles. The van der Waals surface area contributed by atoms with Gasteiger partial charge in [-0.05, 0) is 12.8 Å². The molecule has 2 atom stereocenters. The lowest BCUT2D eigenvalue weighted by Crippen LogP contribution is -2.45. The van der Waals surface area contributed by atoms with Crippen LogP contribution >= 0.6 is 0 Å². The van der Waals surface area contributed by atoms with E-state index in [-0.39, 0.29) is 30.6 Å². The van der Waals surface area contributed by atoms with Gasteiger partial charge < -0.3 is 15.2 Å². The van der Waals surface area contributed by atoms with E-state index in [9.17, 15) is 9.90 Å². The minimum Gasteiger partial charge on any atom is -0.396 e. The standard InChI is InChI=1S/C13H21NO3/c1-3-8-17-9-6-12(16)14-11-5-4-7-13(11,2)10-15/h1,11,15H,4-10H2,2H3,(H,14,16). The van der Waals surface area contributed by atoms with Crippen molar-refractivity contribution in [1.82, 2.24) is 5.32 Å². The summed E-state index contributed by atoms with van der Waals surface area (Å²) >= 11 is 0. The predicted octanol–water partition coefficient (Wildman–Crippen LogP) is 0.694. The van der Waals surface area contributed by atoms with Gasteiger partial charge in [-0.15, -0.1) is 6.42 Å². The minimum atomic E-state index is -0.171. The van der Waals surface area contributed by atoms with E-state index in [0.29, 0.717) is 13.0 Å². The molecule has 1 saturated carbocycles. The first-order valence-corrected chi connectivity index (χ1v) is 6.04. The Morgan fingerprint density at radius 2 is 2.47 bits per heavy atom. The van der Waals surface area contributed by atoms with Crippen LogP contribution in [-0.2, 0) is 9.53 Å². The van der Waals surface area contributed by atoms with E-state index in [0.717, 1.165) is 19.3 Å². The van der Waals surface area contributed by atoms with Crippen molar-refractivity contribution in [2.75, 3.05) is 19.8 Å². The van der Waals surface area contributed by atoms with Crippen molar-refractivity contribution >= 4 is 5.91 Å². The fourth-order valence-corrected chi connectivity index (χ4v) is 2.23. The second-order valence-electron chi connectivity index (χ2n) is 4.83. The highest BCUT2D eigenvalue weighted by Crippen LogP contribution is 2.37.